The summed E-state index contributed by atoms with van der Waals surface area (Å²) in [6.45, 7) is 0.694. The van der Waals surface area contributed by atoms with E-state index in [1.54, 1.807) is 0 Å². The van der Waals surface area contributed by atoms with Gasteiger partial charge in [-0.3, -0.25) is 4.84 Å². The Labute approximate surface area is 72.5 Å². The molecule has 64 valence electrons. The molecule has 1 aliphatic carbocycles. The molecule has 0 aromatic rings. The molecule has 0 spiro atoms. The Morgan fingerprint density at radius 2 is 2.18 bits per heavy atom. The summed E-state index contributed by atoms with van der Waals surface area (Å²) in [6, 6.07) is 0. The maximum Gasteiger partial charge on any atom is 0.0790 e. The molecule has 1 rings (SSSR count). The van der Waals surface area contributed by atoms with Crippen LogP contribution in [0.1, 0.15) is 25.7 Å². The van der Waals surface area contributed by atoms with Crippen molar-refractivity contribution in [2.75, 3.05) is 6.54 Å². The van der Waals surface area contributed by atoms with Crippen molar-refractivity contribution in [3.63, 3.8) is 0 Å². The Hall–Kier alpha value is -0.0500. The van der Waals surface area contributed by atoms with Gasteiger partial charge in [0, 0.05) is 12.1 Å². The largest absolute Gasteiger partial charge is 0.298 e. The molecule has 2 nitrogen and oxygen atoms in total. The number of rotatable bonds is 4. The quantitative estimate of drug-likeness (QED) is 0.523. The van der Waals surface area contributed by atoms with E-state index in [1.807, 2.05) is 6.08 Å². The third-order valence-electron chi connectivity index (χ3n) is 1.84. The third-order valence-corrected chi connectivity index (χ3v) is 2.02. The first-order valence-electron chi connectivity index (χ1n) is 4.07. The molecule has 0 unspecified atom stereocenters. The number of halogens is 1. The van der Waals surface area contributed by atoms with Crippen molar-refractivity contribution in [1.29, 1.82) is 0 Å². The van der Waals surface area contributed by atoms with Gasteiger partial charge in [0.25, 0.3) is 0 Å². The first-order chi connectivity index (χ1) is 5.43. The lowest BCUT2D eigenvalue weighted by molar-refractivity contribution is -0.0148. The molecule has 0 bridgehead atoms. The van der Waals surface area contributed by atoms with E-state index < -0.39 is 0 Å². The average Bonchev–Trinajstić information content (AvgIpc) is 2.50. The van der Waals surface area contributed by atoms with E-state index in [4.69, 9.17) is 16.4 Å². The summed E-state index contributed by atoms with van der Waals surface area (Å²) in [5, 5.41) is 0. The lowest BCUT2D eigenvalue weighted by atomic mass is 10.3. The Balaban J connectivity index is 1.93. The SMILES string of the molecule is Cl/C=C/CNOC1CCCC1. The summed E-state index contributed by atoms with van der Waals surface area (Å²) >= 11 is 5.32. The number of nitrogens with one attached hydrogen (secondary N) is 1. The summed E-state index contributed by atoms with van der Waals surface area (Å²) in [7, 11) is 0. The Bertz CT molecular complexity index is 121. The molecule has 0 heterocycles. The van der Waals surface area contributed by atoms with Gasteiger partial charge in [0.1, 0.15) is 0 Å². The van der Waals surface area contributed by atoms with Crippen molar-refractivity contribution in [2.24, 2.45) is 0 Å². The molecular weight excluding hydrogens is 162 g/mol. The number of hydroxylamine groups is 1. The fourth-order valence-electron chi connectivity index (χ4n) is 1.26. The van der Waals surface area contributed by atoms with E-state index in [-0.39, 0.29) is 0 Å². The first-order valence-corrected chi connectivity index (χ1v) is 4.51. The van der Waals surface area contributed by atoms with Crippen LogP contribution in [-0.2, 0) is 4.84 Å². The minimum absolute atomic E-state index is 0.429. The van der Waals surface area contributed by atoms with Crippen LogP contribution in [-0.4, -0.2) is 12.6 Å². The van der Waals surface area contributed by atoms with E-state index in [9.17, 15) is 0 Å². The molecule has 1 saturated carbocycles. The predicted octanol–water partition coefficient (Wildman–Crippen LogP) is 2.20. The van der Waals surface area contributed by atoms with Crippen molar-refractivity contribution in [3.05, 3.63) is 11.6 Å². The molecular formula is C8H14ClNO. The fourth-order valence-corrected chi connectivity index (χ4v) is 1.35. The van der Waals surface area contributed by atoms with Crippen molar-refractivity contribution in [3.8, 4) is 0 Å². The highest BCUT2D eigenvalue weighted by Crippen LogP contribution is 2.19. The number of hydrogen-bond acceptors (Lipinski definition) is 2. The summed E-state index contributed by atoms with van der Waals surface area (Å²) in [6.07, 6.45) is 7.24. The molecule has 0 radical (unpaired) electrons. The van der Waals surface area contributed by atoms with E-state index in [1.165, 1.54) is 31.2 Å². The topological polar surface area (TPSA) is 21.3 Å². The van der Waals surface area contributed by atoms with Gasteiger partial charge in [-0.1, -0.05) is 30.5 Å². The molecule has 0 aromatic heterocycles. The summed E-state index contributed by atoms with van der Waals surface area (Å²) < 4.78 is 0. The van der Waals surface area contributed by atoms with E-state index in [2.05, 4.69) is 5.48 Å². The van der Waals surface area contributed by atoms with Crippen molar-refractivity contribution in [1.82, 2.24) is 5.48 Å². The van der Waals surface area contributed by atoms with Gasteiger partial charge in [-0.25, -0.2) is 0 Å². The average molecular weight is 176 g/mol. The van der Waals surface area contributed by atoms with E-state index >= 15 is 0 Å². The van der Waals surface area contributed by atoms with E-state index in [0.717, 1.165) is 0 Å². The summed E-state index contributed by atoms with van der Waals surface area (Å²) in [5.41, 5.74) is 4.35. The minimum Gasteiger partial charge on any atom is -0.298 e. The molecule has 0 aromatic carbocycles. The second kappa shape index (κ2) is 5.58. The molecule has 0 aliphatic heterocycles. The van der Waals surface area contributed by atoms with E-state index in [0.29, 0.717) is 12.6 Å². The van der Waals surface area contributed by atoms with Crippen LogP contribution in [0.5, 0.6) is 0 Å². The van der Waals surface area contributed by atoms with Gasteiger partial charge in [0.05, 0.1) is 6.10 Å². The fraction of sp³-hybridized carbons (Fsp3) is 0.750. The molecule has 0 amide bonds. The van der Waals surface area contributed by atoms with Gasteiger partial charge in [0.2, 0.25) is 0 Å². The highest BCUT2D eigenvalue weighted by Gasteiger charge is 2.14. The Kier molecular flexibility index (Phi) is 4.59. The van der Waals surface area contributed by atoms with Gasteiger partial charge in [-0.2, -0.15) is 5.48 Å². The maximum absolute atomic E-state index is 5.35. The van der Waals surface area contributed by atoms with Crippen molar-refractivity contribution < 1.29 is 4.84 Å². The van der Waals surface area contributed by atoms with Crippen molar-refractivity contribution >= 4 is 11.6 Å². The smallest absolute Gasteiger partial charge is 0.0790 e. The monoisotopic (exact) mass is 175 g/mol. The van der Waals surface area contributed by atoms with Crippen LogP contribution in [0.2, 0.25) is 0 Å². The lowest BCUT2D eigenvalue weighted by Gasteiger charge is -2.09. The second-order valence-corrected chi connectivity index (χ2v) is 2.99. The minimum atomic E-state index is 0.429. The highest BCUT2D eigenvalue weighted by molar-refractivity contribution is 6.25. The molecule has 1 N–H and O–H groups in total. The summed E-state index contributed by atoms with van der Waals surface area (Å²) in [5.74, 6) is 0. The maximum atomic E-state index is 5.35. The van der Waals surface area contributed by atoms with Crippen LogP contribution in [0.4, 0.5) is 0 Å². The third kappa shape index (κ3) is 3.75. The number of hydrogen-bond donors (Lipinski definition) is 1. The Morgan fingerprint density at radius 3 is 2.82 bits per heavy atom. The van der Waals surface area contributed by atoms with Gasteiger partial charge in [-0.15, -0.1) is 0 Å². The van der Waals surface area contributed by atoms with Gasteiger partial charge >= 0.3 is 0 Å². The molecule has 11 heavy (non-hydrogen) atoms. The molecule has 0 saturated heterocycles. The van der Waals surface area contributed by atoms with Crippen molar-refractivity contribution in [2.45, 2.75) is 31.8 Å². The molecule has 0 atom stereocenters. The van der Waals surface area contributed by atoms with Gasteiger partial charge in [-0.05, 0) is 12.8 Å². The Morgan fingerprint density at radius 1 is 1.45 bits per heavy atom. The second-order valence-electron chi connectivity index (χ2n) is 2.73. The molecule has 3 heteroatoms. The van der Waals surface area contributed by atoms with Crippen LogP contribution in [0, 0.1) is 0 Å². The predicted molar refractivity (Wildman–Crippen MR) is 46.3 cm³/mol. The van der Waals surface area contributed by atoms with Crippen LogP contribution < -0.4 is 5.48 Å². The standard InChI is InChI=1S/C8H14ClNO/c9-6-3-7-10-11-8-4-1-2-5-8/h3,6,8,10H,1-2,4-5,7H2/b6-3+. The molecule has 1 aliphatic rings. The summed E-state index contributed by atoms with van der Waals surface area (Å²) in [4.78, 5) is 5.35. The van der Waals surface area contributed by atoms with Crippen LogP contribution in [0.15, 0.2) is 11.6 Å². The van der Waals surface area contributed by atoms with Crippen LogP contribution in [0.25, 0.3) is 0 Å². The van der Waals surface area contributed by atoms with Crippen LogP contribution >= 0.6 is 11.6 Å². The zero-order chi connectivity index (χ0) is 7.94. The lowest BCUT2D eigenvalue weighted by Crippen LogP contribution is -2.21. The van der Waals surface area contributed by atoms with Crippen LogP contribution in [0.3, 0.4) is 0 Å². The van der Waals surface area contributed by atoms with Gasteiger partial charge < -0.3 is 0 Å². The normalized spacial score (nSPS) is 20.1. The zero-order valence-electron chi connectivity index (χ0n) is 6.55. The molecule has 1 fully saturated rings. The first kappa shape index (κ1) is 9.04. The highest BCUT2D eigenvalue weighted by atomic mass is 35.5. The van der Waals surface area contributed by atoms with Gasteiger partial charge in [0.15, 0.2) is 0 Å². The zero-order valence-corrected chi connectivity index (χ0v) is 7.31.